The van der Waals surface area contributed by atoms with Gasteiger partial charge in [-0.25, -0.2) is 0 Å². The lowest BCUT2D eigenvalue weighted by Crippen LogP contribution is -2.37. The van der Waals surface area contributed by atoms with Crippen LogP contribution in [0.5, 0.6) is 0 Å². The van der Waals surface area contributed by atoms with Crippen molar-refractivity contribution in [3.8, 4) is 0 Å². The van der Waals surface area contributed by atoms with Crippen molar-refractivity contribution in [1.29, 1.82) is 0 Å². The zero-order valence-electron chi connectivity index (χ0n) is 30.2. The van der Waals surface area contributed by atoms with Gasteiger partial charge in [0, 0.05) is 90.7 Å². The number of nitrogens with zero attached hydrogens (tertiary/aromatic N) is 3. The van der Waals surface area contributed by atoms with E-state index < -0.39 is 0 Å². The molecule has 17 nitrogen and oxygen atoms in total. The largest absolute Gasteiger partial charge is 0.469 e. The van der Waals surface area contributed by atoms with Crippen molar-refractivity contribution in [2.75, 3.05) is 133 Å². The van der Waals surface area contributed by atoms with Gasteiger partial charge in [-0.15, -0.1) is 11.6 Å². The van der Waals surface area contributed by atoms with Crippen molar-refractivity contribution < 1.29 is 57.2 Å². The summed E-state index contributed by atoms with van der Waals surface area (Å²) >= 11 is 5.93. The highest BCUT2D eigenvalue weighted by Crippen LogP contribution is 2.00. The minimum Gasteiger partial charge on any atom is -0.469 e. The number of nitrogens with one attached hydrogen (secondary N) is 2. The molecule has 0 fully saturated rings. The van der Waals surface area contributed by atoms with Gasteiger partial charge in [0.15, 0.2) is 0 Å². The minimum atomic E-state index is -0.340. The second-order valence-electron chi connectivity index (χ2n) is 10.9. The number of carbonyl (C=O) groups excluding carboxylic acids is 6. The Labute approximate surface area is 300 Å². The standard InChI is InChI=1S/C32H58ClN5O12/c1-45-29(41)7-16-37(17-8-30(42)46-2)21-25-49-23-12-34-27(39)5-14-36(20-11-33)15-6-28(40)35-13-24-50-26-22-38(18-9-31(43)47-3)19-10-32(44)48-4/h5-26H2,1-4H3,(H,34,39)(H,35,40). The molecular weight excluding hydrogens is 682 g/mol. The maximum Gasteiger partial charge on any atom is 0.306 e. The molecule has 0 aromatic carbocycles. The van der Waals surface area contributed by atoms with E-state index in [2.05, 4.69) is 29.6 Å². The summed E-state index contributed by atoms with van der Waals surface area (Å²) in [6.45, 7) is 6.01. The van der Waals surface area contributed by atoms with Crippen LogP contribution in [-0.2, 0) is 57.2 Å². The lowest BCUT2D eigenvalue weighted by molar-refractivity contribution is -0.143. The minimum absolute atomic E-state index is 0.151. The first kappa shape index (κ1) is 46.9. The Morgan fingerprint density at radius 2 is 0.740 bits per heavy atom. The van der Waals surface area contributed by atoms with E-state index in [1.807, 2.05) is 14.7 Å². The first-order valence-corrected chi connectivity index (χ1v) is 17.3. The molecule has 0 aromatic heterocycles. The molecule has 0 bridgehead atoms. The molecule has 0 aliphatic rings. The number of halogens is 1. The van der Waals surface area contributed by atoms with Crippen LogP contribution in [0.2, 0.25) is 0 Å². The predicted octanol–water partition coefficient (Wildman–Crippen LogP) is -0.571. The molecule has 0 unspecified atom stereocenters. The fourth-order valence-corrected chi connectivity index (χ4v) is 4.58. The van der Waals surface area contributed by atoms with Gasteiger partial charge in [-0.2, -0.15) is 0 Å². The van der Waals surface area contributed by atoms with Crippen molar-refractivity contribution in [3.05, 3.63) is 0 Å². The normalized spacial score (nSPS) is 11.0. The number of carbonyl (C=O) groups is 6. The zero-order chi connectivity index (χ0) is 37.4. The molecule has 0 heterocycles. The molecule has 0 aliphatic heterocycles. The van der Waals surface area contributed by atoms with Crippen molar-refractivity contribution in [2.45, 2.75) is 38.5 Å². The fraction of sp³-hybridized carbons (Fsp3) is 0.812. The molecule has 0 radical (unpaired) electrons. The van der Waals surface area contributed by atoms with Crippen LogP contribution in [-0.4, -0.2) is 183 Å². The zero-order valence-corrected chi connectivity index (χ0v) is 30.9. The Bertz CT molecular complexity index is 866. The van der Waals surface area contributed by atoms with E-state index in [1.165, 1.54) is 28.4 Å². The Kier molecular flexibility index (Phi) is 29.9. The molecule has 18 heteroatoms. The molecular formula is C32H58ClN5O12. The predicted molar refractivity (Wildman–Crippen MR) is 183 cm³/mol. The number of esters is 4. The van der Waals surface area contributed by atoms with E-state index in [9.17, 15) is 28.8 Å². The molecule has 50 heavy (non-hydrogen) atoms. The molecule has 2 N–H and O–H groups in total. The highest BCUT2D eigenvalue weighted by atomic mass is 35.5. The number of hydrogen-bond donors (Lipinski definition) is 2. The van der Waals surface area contributed by atoms with Gasteiger partial charge in [-0.1, -0.05) is 0 Å². The Morgan fingerprint density at radius 3 is 1.04 bits per heavy atom. The third-order valence-corrected chi connectivity index (χ3v) is 7.56. The lowest BCUT2D eigenvalue weighted by atomic mass is 10.3. The highest BCUT2D eigenvalue weighted by Gasteiger charge is 2.14. The number of alkyl halides is 1. The van der Waals surface area contributed by atoms with E-state index >= 15 is 0 Å². The van der Waals surface area contributed by atoms with Crippen molar-refractivity contribution in [3.63, 3.8) is 0 Å². The first-order valence-electron chi connectivity index (χ1n) is 16.8. The van der Waals surface area contributed by atoms with Crippen LogP contribution in [0.1, 0.15) is 38.5 Å². The molecule has 2 amide bonds. The molecule has 0 spiro atoms. The van der Waals surface area contributed by atoms with E-state index in [4.69, 9.17) is 21.1 Å². The van der Waals surface area contributed by atoms with Gasteiger partial charge in [0.05, 0.1) is 80.6 Å². The summed E-state index contributed by atoms with van der Waals surface area (Å²) in [4.78, 5) is 76.4. The summed E-state index contributed by atoms with van der Waals surface area (Å²) in [6, 6.07) is 0. The van der Waals surface area contributed by atoms with Crippen LogP contribution in [0.15, 0.2) is 0 Å². The second kappa shape index (κ2) is 31.9. The summed E-state index contributed by atoms with van der Waals surface area (Å²) in [6.07, 6.45) is 1.24. The summed E-state index contributed by atoms with van der Waals surface area (Å²) < 4.78 is 29.9. The summed E-state index contributed by atoms with van der Waals surface area (Å²) in [7, 11) is 5.29. The SMILES string of the molecule is COC(=O)CCN(CCOCCNC(=O)CCN(CCCl)CCC(=O)NCCOCCN(CCC(=O)OC)CCC(=O)OC)CCC(=O)OC. The van der Waals surface area contributed by atoms with Crippen molar-refractivity contribution in [1.82, 2.24) is 25.3 Å². The Morgan fingerprint density at radius 1 is 0.440 bits per heavy atom. The number of amides is 2. The maximum absolute atomic E-state index is 12.4. The van der Waals surface area contributed by atoms with Crippen LogP contribution >= 0.6 is 11.6 Å². The highest BCUT2D eigenvalue weighted by molar-refractivity contribution is 6.18. The summed E-state index contributed by atoms with van der Waals surface area (Å²) in [5.74, 6) is -1.30. The van der Waals surface area contributed by atoms with Gasteiger partial charge < -0.3 is 44.0 Å². The van der Waals surface area contributed by atoms with Crippen LogP contribution < -0.4 is 10.6 Å². The molecule has 0 aliphatic carbocycles. The second-order valence-corrected chi connectivity index (χ2v) is 11.3. The third kappa shape index (κ3) is 27.7. The smallest absolute Gasteiger partial charge is 0.306 e. The first-order chi connectivity index (χ1) is 24.1. The van der Waals surface area contributed by atoms with E-state index in [0.29, 0.717) is 104 Å². The maximum atomic E-state index is 12.4. The Hall–Kier alpha value is -3.09. The average Bonchev–Trinajstić information content (AvgIpc) is 3.12. The van der Waals surface area contributed by atoms with Gasteiger partial charge in [0.2, 0.25) is 11.8 Å². The third-order valence-electron chi connectivity index (χ3n) is 7.39. The van der Waals surface area contributed by atoms with Crippen molar-refractivity contribution in [2.24, 2.45) is 0 Å². The molecule has 0 atom stereocenters. The number of rotatable bonds is 32. The average molecular weight is 740 g/mol. The van der Waals surface area contributed by atoms with Crippen LogP contribution in [0.3, 0.4) is 0 Å². The molecule has 0 rings (SSSR count). The number of methoxy groups -OCH3 is 4. The van der Waals surface area contributed by atoms with E-state index in [0.717, 1.165) is 0 Å². The van der Waals surface area contributed by atoms with E-state index in [-0.39, 0.29) is 74.2 Å². The van der Waals surface area contributed by atoms with Crippen molar-refractivity contribution >= 4 is 47.3 Å². The van der Waals surface area contributed by atoms with Crippen LogP contribution in [0, 0.1) is 0 Å². The Balaban J connectivity index is 4.24. The quantitative estimate of drug-likeness (QED) is 0.0386. The van der Waals surface area contributed by atoms with Gasteiger partial charge in [-0.3, -0.25) is 38.6 Å². The molecule has 0 saturated carbocycles. The lowest BCUT2D eigenvalue weighted by Gasteiger charge is -2.21. The van der Waals surface area contributed by atoms with Gasteiger partial charge in [-0.05, 0) is 0 Å². The topological polar surface area (TPSA) is 192 Å². The fourth-order valence-electron chi connectivity index (χ4n) is 4.34. The van der Waals surface area contributed by atoms with Gasteiger partial charge in [0.1, 0.15) is 0 Å². The van der Waals surface area contributed by atoms with Crippen LogP contribution in [0.4, 0.5) is 0 Å². The summed E-state index contributed by atoms with van der Waals surface area (Å²) in [5.41, 5.74) is 0. The van der Waals surface area contributed by atoms with Gasteiger partial charge in [0.25, 0.3) is 0 Å². The number of hydrogen-bond acceptors (Lipinski definition) is 15. The van der Waals surface area contributed by atoms with Crippen LogP contribution in [0.25, 0.3) is 0 Å². The monoisotopic (exact) mass is 739 g/mol. The molecule has 0 saturated heterocycles. The number of ether oxygens (including phenoxy) is 6. The summed E-state index contributed by atoms with van der Waals surface area (Å²) in [5, 5.41) is 5.62. The van der Waals surface area contributed by atoms with E-state index in [1.54, 1.807) is 0 Å². The molecule has 0 aromatic rings. The van der Waals surface area contributed by atoms with Gasteiger partial charge >= 0.3 is 23.9 Å². The molecule has 290 valence electrons.